The summed E-state index contributed by atoms with van der Waals surface area (Å²) in [6.07, 6.45) is 1.99. The predicted molar refractivity (Wildman–Crippen MR) is 87.1 cm³/mol. The maximum Gasteiger partial charge on any atom is 0.0776 e. The molecule has 0 aromatic carbocycles. The standard InChI is InChI=1S/C15H28BrN3O/c1-7-11-14(16)12(19(9-3)17-11)10-13(20)15(4,8-2)18(5)6/h13,20H,7-10H2,1-6H3. The number of hydrogen-bond acceptors (Lipinski definition) is 3. The Bertz CT molecular complexity index is 445. The molecule has 2 atom stereocenters. The average molecular weight is 346 g/mol. The third-order valence-electron chi connectivity index (χ3n) is 4.54. The molecule has 0 bridgehead atoms. The molecular weight excluding hydrogens is 318 g/mol. The highest BCUT2D eigenvalue weighted by Crippen LogP contribution is 2.28. The Labute approximate surface area is 131 Å². The highest BCUT2D eigenvalue weighted by atomic mass is 79.9. The molecule has 2 unspecified atom stereocenters. The molecule has 4 nitrogen and oxygen atoms in total. The summed E-state index contributed by atoms with van der Waals surface area (Å²) in [5, 5.41) is 15.3. The van der Waals surface area contributed by atoms with Crippen molar-refractivity contribution in [1.29, 1.82) is 0 Å². The number of halogens is 1. The van der Waals surface area contributed by atoms with E-state index >= 15 is 0 Å². The highest BCUT2D eigenvalue weighted by Gasteiger charge is 2.34. The van der Waals surface area contributed by atoms with Crippen LogP contribution in [-0.4, -0.2) is 45.5 Å². The van der Waals surface area contributed by atoms with Gasteiger partial charge >= 0.3 is 0 Å². The van der Waals surface area contributed by atoms with Crippen LogP contribution in [0.25, 0.3) is 0 Å². The van der Waals surface area contributed by atoms with Crippen LogP contribution < -0.4 is 0 Å². The van der Waals surface area contributed by atoms with E-state index in [0.717, 1.165) is 35.2 Å². The van der Waals surface area contributed by atoms with Gasteiger partial charge in [-0.05, 0) is 56.7 Å². The SMILES string of the molecule is CCc1nn(CC)c(CC(O)C(C)(CC)N(C)C)c1Br. The van der Waals surface area contributed by atoms with E-state index in [1.165, 1.54) is 0 Å². The van der Waals surface area contributed by atoms with E-state index in [1.54, 1.807) is 0 Å². The van der Waals surface area contributed by atoms with Crippen LogP contribution in [0.3, 0.4) is 0 Å². The molecule has 0 amide bonds. The Morgan fingerprint density at radius 1 is 1.35 bits per heavy atom. The zero-order valence-corrected chi connectivity index (χ0v) is 15.2. The third kappa shape index (κ3) is 3.26. The molecule has 1 aromatic rings. The molecule has 116 valence electrons. The normalized spacial score (nSPS) is 16.4. The van der Waals surface area contributed by atoms with Crippen LogP contribution in [0.1, 0.15) is 45.5 Å². The summed E-state index contributed by atoms with van der Waals surface area (Å²) in [7, 11) is 4.05. The van der Waals surface area contributed by atoms with Gasteiger partial charge in [-0.15, -0.1) is 0 Å². The summed E-state index contributed by atoms with van der Waals surface area (Å²) in [5.74, 6) is 0. The first-order chi connectivity index (χ1) is 9.31. The van der Waals surface area contributed by atoms with Gasteiger partial charge in [0, 0.05) is 18.5 Å². The van der Waals surface area contributed by atoms with Crippen LogP contribution >= 0.6 is 15.9 Å². The number of rotatable bonds is 7. The summed E-state index contributed by atoms with van der Waals surface area (Å²) in [6, 6.07) is 0. The van der Waals surface area contributed by atoms with Crippen LogP contribution in [-0.2, 0) is 19.4 Å². The quantitative estimate of drug-likeness (QED) is 0.825. The van der Waals surface area contributed by atoms with E-state index < -0.39 is 6.10 Å². The van der Waals surface area contributed by atoms with Crippen LogP contribution in [0.5, 0.6) is 0 Å². The van der Waals surface area contributed by atoms with Crippen LogP contribution in [0.15, 0.2) is 4.47 Å². The number of aromatic nitrogens is 2. The fraction of sp³-hybridized carbons (Fsp3) is 0.800. The first kappa shape index (κ1) is 17.7. The molecule has 1 rings (SSSR count). The summed E-state index contributed by atoms with van der Waals surface area (Å²) < 4.78 is 3.05. The minimum Gasteiger partial charge on any atom is -0.391 e. The Morgan fingerprint density at radius 2 is 1.95 bits per heavy atom. The number of likely N-dealkylation sites (N-methyl/N-ethyl adjacent to an activating group) is 1. The maximum atomic E-state index is 10.7. The van der Waals surface area contributed by atoms with Crippen LogP contribution in [0.4, 0.5) is 0 Å². The van der Waals surface area contributed by atoms with Gasteiger partial charge in [-0.25, -0.2) is 0 Å². The summed E-state index contributed by atoms with van der Waals surface area (Å²) in [4.78, 5) is 2.11. The second kappa shape index (κ2) is 7.05. The lowest BCUT2D eigenvalue weighted by molar-refractivity contribution is 0.00181. The monoisotopic (exact) mass is 345 g/mol. The topological polar surface area (TPSA) is 41.3 Å². The van der Waals surface area contributed by atoms with E-state index in [1.807, 2.05) is 18.8 Å². The van der Waals surface area contributed by atoms with Crippen molar-refractivity contribution in [3.8, 4) is 0 Å². The zero-order valence-electron chi connectivity index (χ0n) is 13.6. The van der Waals surface area contributed by atoms with Crippen molar-refractivity contribution < 1.29 is 5.11 Å². The van der Waals surface area contributed by atoms with Gasteiger partial charge < -0.3 is 10.0 Å². The van der Waals surface area contributed by atoms with E-state index in [2.05, 4.69) is 53.6 Å². The van der Waals surface area contributed by atoms with Gasteiger partial charge in [0.25, 0.3) is 0 Å². The molecule has 0 aliphatic carbocycles. The lowest BCUT2D eigenvalue weighted by Gasteiger charge is -2.40. The minimum atomic E-state index is -0.425. The van der Waals surface area contributed by atoms with Crippen molar-refractivity contribution in [2.45, 2.75) is 65.1 Å². The molecule has 0 radical (unpaired) electrons. The molecule has 0 spiro atoms. The second-order valence-corrected chi connectivity index (χ2v) is 6.49. The molecule has 1 heterocycles. The number of aliphatic hydroxyl groups is 1. The summed E-state index contributed by atoms with van der Waals surface area (Å²) in [6.45, 7) is 9.24. The molecule has 0 aliphatic heterocycles. The Kier molecular flexibility index (Phi) is 6.23. The average Bonchev–Trinajstić information content (AvgIpc) is 2.73. The first-order valence-electron chi connectivity index (χ1n) is 7.41. The largest absolute Gasteiger partial charge is 0.391 e. The van der Waals surface area contributed by atoms with Gasteiger partial charge in [-0.3, -0.25) is 4.68 Å². The Morgan fingerprint density at radius 3 is 2.35 bits per heavy atom. The third-order valence-corrected chi connectivity index (χ3v) is 5.45. The van der Waals surface area contributed by atoms with E-state index in [4.69, 9.17) is 0 Å². The first-order valence-corrected chi connectivity index (χ1v) is 8.20. The molecule has 1 aromatic heterocycles. The number of nitrogens with zero attached hydrogens (tertiary/aromatic N) is 3. The van der Waals surface area contributed by atoms with Crippen molar-refractivity contribution in [1.82, 2.24) is 14.7 Å². The van der Waals surface area contributed by atoms with Crippen LogP contribution in [0, 0.1) is 0 Å². The zero-order chi connectivity index (χ0) is 15.5. The fourth-order valence-corrected chi connectivity index (χ4v) is 3.19. The highest BCUT2D eigenvalue weighted by molar-refractivity contribution is 9.10. The van der Waals surface area contributed by atoms with E-state index in [0.29, 0.717) is 6.42 Å². The van der Waals surface area contributed by atoms with Gasteiger partial charge in [0.15, 0.2) is 0 Å². The van der Waals surface area contributed by atoms with Crippen molar-refractivity contribution in [3.05, 3.63) is 15.9 Å². The molecule has 20 heavy (non-hydrogen) atoms. The van der Waals surface area contributed by atoms with Crippen molar-refractivity contribution in [3.63, 3.8) is 0 Å². The molecule has 0 fully saturated rings. The molecular formula is C15H28BrN3O. The number of aryl methyl sites for hydroxylation is 2. The maximum absolute atomic E-state index is 10.7. The van der Waals surface area contributed by atoms with Crippen molar-refractivity contribution in [2.24, 2.45) is 0 Å². The van der Waals surface area contributed by atoms with Gasteiger partial charge in [0.2, 0.25) is 0 Å². The lowest BCUT2D eigenvalue weighted by Crippen LogP contribution is -2.51. The van der Waals surface area contributed by atoms with Gasteiger partial charge in [-0.2, -0.15) is 5.10 Å². The second-order valence-electron chi connectivity index (χ2n) is 5.70. The number of aliphatic hydroxyl groups excluding tert-OH is 1. The molecule has 0 saturated carbocycles. The Hall–Kier alpha value is -0.390. The smallest absolute Gasteiger partial charge is 0.0776 e. The van der Waals surface area contributed by atoms with Crippen molar-refractivity contribution >= 4 is 15.9 Å². The summed E-state index contributed by atoms with van der Waals surface area (Å²) in [5.41, 5.74) is 1.93. The predicted octanol–water partition coefficient (Wildman–Crippen LogP) is 2.86. The Balaban J connectivity index is 3.06. The van der Waals surface area contributed by atoms with Gasteiger partial charge in [0.1, 0.15) is 0 Å². The van der Waals surface area contributed by atoms with Gasteiger partial charge in [-0.1, -0.05) is 13.8 Å². The summed E-state index contributed by atoms with van der Waals surface area (Å²) >= 11 is 3.65. The molecule has 0 saturated heterocycles. The van der Waals surface area contributed by atoms with Gasteiger partial charge in [0.05, 0.1) is 22.0 Å². The fourth-order valence-electron chi connectivity index (χ4n) is 2.47. The molecule has 0 aliphatic rings. The van der Waals surface area contributed by atoms with Crippen LogP contribution in [0.2, 0.25) is 0 Å². The molecule has 5 heteroatoms. The van der Waals surface area contributed by atoms with E-state index in [9.17, 15) is 5.11 Å². The lowest BCUT2D eigenvalue weighted by atomic mass is 9.87. The number of hydrogen-bond donors (Lipinski definition) is 1. The van der Waals surface area contributed by atoms with Crippen molar-refractivity contribution in [2.75, 3.05) is 14.1 Å². The molecule has 1 N–H and O–H groups in total. The van der Waals surface area contributed by atoms with E-state index in [-0.39, 0.29) is 5.54 Å². The minimum absolute atomic E-state index is 0.228.